The Hall–Kier alpha value is -2.53. The third-order valence-corrected chi connectivity index (χ3v) is 5.88. The van der Waals surface area contributed by atoms with Crippen LogP contribution < -0.4 is 9.47 Å². The maximum Gasteiger partial charge on any atom is 0.307 e. The van der Waals surface area contributed by atoms with Gasteiger partial charge in [-0.2, -0.15) is 0 Å². The molecular weight excluding hydrogens is 378 g/mol. The standard InChI is InChI=1S/C25H33NO4/c1-3-4-12-22(26-15-8-11-21(17-26)25(27)28)20-13-14-23(24(16-20)29-2)30-18-19-9-6-5-7-10-19/h5-7,9-10,13-14,16,21-22H,3-4,8,11-12,15,17-18H2,1-2H3,(H,27,28). The second-order valence-corrected chi connectivity index (χ2v) is 8.01. The first-order chi connectivity index (χ1) is 14.6. The number of carboxylic acid groups (broad SMARTS) is 1. The molecule has 1 N–H and O–H groups in total. The zero-order chi connectivity index (χ0) is 21.3. The highest BCUT2D eigenvalue weighted by Gasteiger charge is 2.30. The molecule has 162 valence electrons. The van der Waals surface area contributed by atoms with Gasteiger partial charge in [0.2, 0.25) is 0 Å². The Morgan fingerprint density at radius 2 is 2.00 bits per heavy atom. The van der Waals surface area contributed by atoms with Crippen molar-refractivity contribution in [3.8, 4) is 11.5 Å². The van der Waals surface area contributed by atoms with E-state index in [1.165, 1.54) is 5.56 Å². The molecule has 0 aromatic heterocycles. The number of likely N-dealkylation sites (tertiary alicyclic amines) is 1. The third-order valence-electron chi connectivity index (χ3n) is 5.88. The largest absolute Gasteiger partial charge is 0.493 e. The van der Waals surface area contributed by atoms with Gasteiger partial charge in [-0.25, -0.2) is 0 Å². The number of unbranched alkanes of at least 4 members (excludes halogenated alkanes) is 1. The summed E-state index contributed by atoms with van der Waals surface area (Å²) >= 11 is 0. The molecule has 0 aliphatic carbocycles. The van der Waals surface area contributed by atoms with Crippen molar-refractivity contribution >= 4 is 5.97 Å². The summed E-state index contributed by atoms with van der Waals surface area (Å²) in [6.45, 7) is 4.22. The summed E-state index contributed by atoms with van der Waals surface area (Å²) in [6.07, 6.45) is 4.92. The van der Waals surface area contributed by atoms with Gasteiger partial charge in [0.05, 0.1) is 13.0 Å². The van der Waals surface area contributed by atoms with Gasteiger partial charge in [-0.3, -0.25) is 9.69 Å². The molecule has 1 aliphatic heterocycles. The molecule has 30 heavy (non-hydrogen) atoms. The van der Waals surface area contributed by atoms with Gasteiger partial charge >= 0.3 is 5.97 Å². The topological polar surface area (TPSA) is 59.0 Å². The summed E-state index contributed by atoms with van der Waals surface area (Å²) < 4.78 is 11.6. The van der Waals surface area contributed by atoms with Crippen LogP contribution in [0.1, 0.15) is 56.2 Å². The van der Waals surface area contributed by atoms with Crippen LogP contribution in [0.5, 0.6) is 11.5 Å². The average Bonchev–Trinajstić information content (AvgIpc) is 2.79. The minimum atomic E-state index is -0.684. The van der Waals surface area contributed by atoms with Crippen molar-refractivity contribution in [1.82, 2.24) is 4.90 Å². The highest BCUT2D eigenvalue weighted by atomic mass is 16.5. The van der Waals surface area contributed by atoms with Gasteiger partial charge in [0, 0.05) is 12.6 Å². The number of hydrogen-bond acceptors (Lipinski definition) is 4. The lowest BCUT2D eigenvalue weighted by atomic mass is 9.92. The number of benzene rings is 2. The van der Waals surface area contributed by atoms with E-state index >= 15 is 0 Å². The van der Waals surface area contributed by atoms with E-state index in [2.05, 4.69) is 24.0 Å². The number of carboxylic acids is 1. The Morgan fingerprint density at radius 1 is 1.20 bits per heavy atom. The molecule has 3 rings (SSSR count). The molecule has 0 saturated carbocycles. The molecule has 0 spiro atoms. The van der Waals surface area contributed by atoms with E-state index in [-0.39, 0.29) is 12.0 Å². The van der Waals surface area contributed by atoms with Gasteiger partial charge in [0.25, 0.3) is 0 Å². The number of ether oxygens (including phenoxy) is 2. The van der Waals surface area contributed by atoms with Gasteiger partial charge in [-0.15, -0.1) is 0 Å². The Labute approximate surface area is 179 Å². The van der Waals surface area contributed by atoms with Crippen molar-refractivity contribution in [2.24, 2.45) is 5.92 Å². The Morgan fingerprint density at radius 3 is 2.70 bits per heavy atom. The molecule has 0 radical (unpaired) electrons. The Bertz CT molecular complexity index is 808. The monoisotopic (exact) mass is 411 g/mol. The predicted octanol–water partition coefficient (Wildman–Crippen LogP) is 5.30. The van der Waals surface area contributed by atoms with Crippen LogP contribution >= 0.6 is 0 Å². The van der Waals surface area contributed by atoms with E-state index < -0.39 is 5.97 Å². The lowest BCUT2D eigenvalue weighted by Crippen LogP contribution is -2.40. The predicted molar refractivity (Wildman–Crippen MR) is 118 cm³/mol. The van der Waals surface area contributed by atoms with Crippen LogP contribution in [0.4, 0.5) is 0 Å². The molecule has 0 bridgehead atoms. The van der Waals surface area contributed by atoms with Crippen molar-refractivity contribution < 1.29 is 19.4 Å². The van der Waals surface area contributed by atoms with E-state index in [9.17, 15) is 9.90 Å². The molecular formula is C25H33NO4. The number of rotatable bonds is 10. The van der Waals surface area contributed by atoms with Crippen molar-refractivity contribution in [2.75, 3.05) is 20.2 Å². The van der Waals surface area contributed by atoms with Gasteiger partial charge in [-0.05, 0) is 49.1 Å². The highest BCUT2D eigenvalue weighted by Crippen LogP contribution is 2.36. The molecule has 5 nitrogen and oxygen atoms in total. The van der Waals surface area contributed by atoms with Crippen molar-refractivity contribution in [3.05, 3.63) is 59.7 Å². The number of piperidine rings is 1. The molecule has 2 aromatic carbocycles. The Balaban J connectivity index is 1.78. The summed E-state index contributed by atoms with van der Waals surface area (Å²) in [4.78, 5) is 13.9. The second-order valence-electron chi connectivity index (χ2n) is 8.01. The zero-order valence-electron chi connectivity index (χ0n) is 18.0. The van der Waals surface area contributed by atoms with Gasteiger partial charge < -0.3 is 14.6 Å². The van der Waals surface area contributed by atoms with Crippen LogP contribution in [-0.4, -0.2) is 36.2 Å². The van der Waals surface area contributed by atoms with Crippen molar-refractivity contribution in [3.63, 3.8) is 0 Å². The normalized spacial score (nSPS) is 18.0. The third kappa shape index (κ3) is 5.76. The summed E-state index contributed by atoms with van der Waals surface area (Å²) in [5.74, 6) is 0.479. The fourth-order valence-electron chi connectivity index (χ4n) is 4.19. The summed E-state index contributed by atoms with van der Waals surface area (Å²) in [6, 6.07) is 16.4. The first kappa shape index (κ1) is 22.2. The summed E-state index contributed by atoms with van der Waals surface area (Å²) in [5, 5.41) is 9.49. The quantitative estimate of drug-likeness (QED) is 0.575. The number of hydrogen-bond donors (Lipinski definition) is 1. The first-order valence-corrected chi connectivity index (χ1v) is 10.9. The van der Waals surface area contributed by atoms with Crippen LogP contribution in [0.15, 0.2) is 48.5 Å². The van der Waals surface area contributed by atoms with E-state index in [4.69, 9.17) is 9.47 Å². The molecule has 2 unspecified atom stereocenters. The van der Waals surface area contributed by atoms with E-state index in [1.807, 2.05) is 36.4 Å². The molecule has 2 aromatic rings. The minimum absolute atomic E-state index is 0.198. The minimum Gasteiger partial charge on any atom is -0.493 e. The van der Waals surface area contributed by atoms with Gasteiger partial charge in [-0.1, -0.05) is 56.2 Å². The average molecular weight is 412 g/mol. The molecule has 0 amide bonds. The fraction of sp³-hybridized carbons (Fsp3) is 0.480. The van der Waals surface area contributed by atoms with Crippen LogP contribution in [0.3, 0.4) is 0 Å². The molecule has 2 atom stereocenters. The lowest BCUT2D eigenvalue weighted by molar-refractivity contribution is -0.144. The van der Waals surface area contributed by atoms with Gasteiger partial charge in [0.15, 0.2) is 11.5 Å². The van der Waals surface area contributed by atoms with Gasteiger partial charge in [0.1, 0.15) is 6.61 Å². The summed E-state index contributed by atoms with van der Waals surface area (Å²) in [5.41, 5.74) is 2.27. The van der Waals surface area contributed by atoms with E-state index in [0.29, 0.717) is 13.2 Å². The number of nitrogens with zero attached hydrogens (tertiary/aromatic N) is 1. The van der Waals surface area contributed by atoms with E-state index in [1.54, 1.807) is 7.11 Å². The maximum atomic E-state index is 11.5. The van der Waals surface area contributed by atoms with E-state index in [0.717, 1.165) is 55.7 Å². The maximum absolute atomic E-state index is 11.5. The number of methoxy groups -OCH3 is 1. The molecule has 1 saturated heterocycles. The lowest BCUT2D eigenvalue weighted by Gasteiger charge is -2.37. The second kappa shape index (κ2) is 11.0. The highest BCUT2D eigenvalue weighted by molar-refractivity contribution is 5.70. The number of aliphatic carboxylic acids is 1. The SMILES string of the molecule is CCCCC(c1ccc(OCc2ccccc2)c(OC)c1)N1CCCC(C(=O)O)C1. The molecule has 1 heterocycles. The van der Waals surface area contributed by atoms with Crippen LogP contribution in [-0.2, 0) is 11.4 Å². The Kier molecular flexibility index (Phi) is 8.14. The molecule has 5 heteroatoms. The zero-order valence-corrected chi connectivity index (χ0v) is 18.0. The molecule has 1 aliphatic rings. The van der Waals surface area contributed by atoms with Crippen LogP contribution in [0, 0.1) is 5.92 Å². The van der Waals surface area contributed by atoms with Crippen LogP contribution in [0.25, 0.3) is 0 Å². The fourth-order valence-corrected chi connectivity index (χ4v) is 4.19. The number of carbonyl (C=O) groups is 1. The van der Waals surface area contributed by atoms with Crippen molar-refractivity contribution in [1.29, 1.82) is 0 Å². The smallest absolute Gasteiger partial charge is 0.307 e. The first-order valence-electron chi connectivity index (χ1n) is 10.9. The van der Waals surface area contributed by atoms with Crippen molar-refractivity contribution in [2.45, 2.75) is 51.7 Å². The summed E-state index contributed by atoms with van der Waals surface area (Å²) in [7, 11) is 1.66. The van der Waals surface area contributed by atoms with Crippen LogP contribution in [0.2, 0.25) is 0 Å². The molecule has 1 fully saturated rings.